The quantitative estimate of drug-likeness (QED) is 0.820. The third-order valence-electron chi connectivity index (χ3n) is 5.80. The Labute approximate surface area is 138 Å². The summed E-state index contributed by atoms with van der Waals surface area (Å²) in [7, 11) is 0. The summed E-state index contributed by atoms with van der Waals surface area (Å²) >= 11 is 0. The predicted octanol–water partition coefficient (Wildman–Crippen LogP) is 4.74. The molecule has 2 heterocycles. The third kappa shape index (κ3) is 3.07. The molecule has 1 saturated carbocycles. The average Bonchev–Trinajstić information content (AvgIpc) is 3.07. The van der Waals surface area contributed by atoms with Gasteiger partial charge in [0, 0.05) is 11.6 Å². The van der Waals surface area contributed by atoms with E-state index < -0.39 is 0 Å². The molecule has 0 radical (unpaired) electrons. The summed E-state index contributed by atoms with van der Waals surface area (Å²) in [5, 5.41) is 0. The van der Waals surface area contributed by atoms with Crippen LogP contribution in [0.5, 0.6) is 0 Å². The molecule has 3 heteroatoms. The fourth-order valence-electron chi connectivity index (χ4n) is 4.50. The van der Waals surface area contributed by atoms with Crippen LogP contribution >= 0.6 is 0 Å². The molecule has 1 aliphatic carbocycles. The van der Waals surface area contributed by atoms with E-state index in [0.717, 1.165) is 41.6 Å². The summed E-state index contributed by atoms with van der Waals surface area (Å²) in [6.07, 6.45) is 8.73. The van der Waals surface area contributed by atoms with E-state index in [1.807, 2.05) is 24.4 Å². The van der Waals surface area contributed by atoms with Crippen LogP contribution < -0.4 is 0 Å². The molecule has 0 unspecified atom stereocenters. The highest BCUT2D eigenvalue weighted by Gasteiger charge is 2.37. The second-order valence-electron chi connectivity index (χ2n) is 7.24. The molecule has 3 nitrogen and oxygen atoms in total. The van der Waals surface area contributed by atoms with Crippen LogP contribution in [0, 0.1) is 11.8 Å². The molecule has 4 rings (SSSR count). The number of likely N-dealkylation sites (tertiary alicyclic amines) is 1. The first-order chi connectivity index (χ1) is 11.3. The Kier molecular flexibility index (Phi) is 4.21. The van der Waals surface area contributed by atoms with E-state index in [2.05, 4.69) is 28.9 Å². The summed E-state index contributed by atoms with van der Waals surface area (Å²) in [6.45, 7) is 4.49. The number of aromatic nitrogens is 1. The second-order valence-corrected chi connectivity index (χ2v) is 7.24. The van der Waals surface area contributed by atoms with Crippen LogP contribution in [0.2, 0.25) is 0 Å². The van der Waals surface area contributed by atoms with E-state index in [-0.39, 0.29) is 0 Å². The van der Waals surface area contributed by atoms with Crippen molar-refractivity contribution >= 4 is 0 Å². The molecule has 1 saturated heterocycles. The van der Waals surface area contributed by atoms with Crippen molar-refractivity contribution < 1.29 is 4.42 Å². The Hall–Kier alpha value is -1.61. The zero-order valence-corrected chi connectivity index (χ0v) is 13.9. The van der Waals surface area contributed by atoms with Crippen LogP contribution in [0.25, 0.3) is 11.3 Å². The van der Waals surface area contributed by atoms with Gasteiger partial charge in [0.2, 0.25) is 5.89 Å². The minimum absolute atomic E-state index is 0.736. The van der Waals surface area contributed by atoms with Crippen molar-refractivity contribution in [3.63, 3.8) is 0 Å². The number of oxazole rings is 1. The average molecular weight is 310 g/mol. The Morgan fingerprint density at radius 3 is 2.83 bits per heavy atom. The largest absolute Gasteiger partial charge is 0.439 e. The van der Waals surface area contributed by atoms with Crippen LogP contribution in [0.3, 0.4) is 0 Å². The highest BCUT2D eigenvalue weighted by atomic mass is 16.4. The molecule has 1 aromatic carbocycles. The topological polar surface area (TPSA) is 29.3 Å². The van der Waals surface area contributed by atoms with E-state index in [4.69, 9.17) is 4.42 Å². The van der Waals surface area contributed by atoms with Gasteiger partial charge in [0.15, 0.2) is 5.76 Å². The number of hydrogen-bond donors (Lipinski definition) is 0. The standard InChI is InChI=1S/C20H26N2O/c1-15-11-12-22(18-10-6-5-9-17(15)18)14-20-21-13-19(23-20)16-7-3-2-4-8-16/h2-4,7-8,13,15,17-18H,5-6,9-12,14H2,1H3/t15-,17-,18-/m1/s1. The highest BCUT2D eigenvalue weighted by Crippen LogP contribution is 2.39. The summed E-state index contributed by atoms with van der Waals surface area (Å²) in [6, 6.07) is 11.0. The van der Waals surface area contributed by atoms with Gasteiger partial charge in [0.25, 0.3) is 0 Å². The lowest BCUT2D eigenvalue weighted by molar-refractivity contribution is 0.0155. The molecule has 23 heavy (non-hydrogen) atoms. The van der Waals surface area contributed by atoms with E-state index in [0.29, 0.717) is 0 Å². The molecule has 3 atom stereocenters. The van der Waals surface area contributed by atoms with Crippen molar-refractivity contribution in [3.05, 3.63) is 42.4 Å². The van der Waals surface area contributed by atoms with Gasteiger partial charge in [-0.15, -0.1) is 0 Å². The fraction of sp³-hybridized carbons (Fsp3) is 0.550. The van der Waals surface area contributed by atoms with Crippen molar-refractivity contribution in [3.8, 4) is 11.3 Å². The molecule has 2 aliphatic rings. The van der Waals surface area contributed by atoms with Crippen LogP contribution in [0.4, 0.5) is 0 Å². The van der Waals surface area contributed by atoms with Crippen LogP contribution in [-0.4, -0.2) is 22.5 Å². The molecule has 0 spiro atoms. The van der Waals surface area contributed by atoms with Gasteiger partial charge in [-0.05, 0) is 37.6 Å². The highest BCUT2D eigenvalue weighted by molar-refractivity contribution is 5.55. The van der Waals surface area contributed by atoms with E-state index in [1.165, 1.54) is 38.6 Å². The van der Waals surface area contributed by atoms with Crippen molar-refractivity contribution in [1.82, 2.24) is 9.88 Å². The minimum atomic E-state index is 0.736. The Bertz CT molecular complexity index is 636. The smallest absolute Gasteiger partial charge is 0.209 e. The molecule has 0 amide bonds. The van der Waals surface area contributed by atoms with Crippen LogP contribution in [0.15, 0.2) is 40.9 Å². The molecular formula is C20H26N2O. The molecular weight excluding hydrogens is 284 g/mol. The molecule has 0 N–H and O–H groups in total. The first kappa shape index (κ1) is 14.9. The SMILES string of the molecule is C[C@@H]1CCN(Cc2ncc(-c3ccccc3)o2)[C@@H]2CCCC[C@H]12. The van der Waals surface area contributed by atoms with Gasteiger partial charge in [-0.2, -0.15) is 0 Å². The van der Waals surface area contributed by atoms with Gasteiger partial charge in [-0.25, -0.2) is 4.98 Å². The normalized spacial score (nSPS) is 28.5. The number of rotatable bonds is 3. The second kappa shape index (κ2) is 6.48. The van der Waals surface area contributed by atoms with Crippen molar-refractivity contribution in [2.75, 3.05) is 6.54 Å². The monoisotopic (exact) mass is 310 g/mol. The lowest BCUT2D eigenvalue weighted by Crippen LogP contribution is -2.49. The van der Waals surface area contributed by atoms with Gasteiger partial charge in [0.05, 0.1) is 12.7 Å². The summed E-state index contributed by atoms with van der Waals surface area (Å²) in [4.78, 5) is 7.16. The molecule has 2 aromatic rings. The van der Waals surface area contributed by atoms with Crippen molar-refractivity contribution in [2.45, 2.75) is 51.6 Å². The van der Waals surface area contributed by atoms with Crippen molar-refractivity contribution in [1.29, 1.82) is 0 Å². The Morgan fingerprint density at radius 2 is 1.96 bits per heavy atom. The number of nitrogens with zero attached hydrogens (tertiary/aromatic N) is 2. The summed E-state index contributed by atoms with van der Waals surface area (Å²) in [5.74, 6) is 3.50. The van der Waals surface area contributed by atoms with Crippen molar-refractivity contribution in [2.24, 2.45) is 11.8 Å². The lowest BCUT2D eigenvalue weighted by atomic mass is 9.72. The fourth-order valence-corrected chi connectivity index (χ4v) is 4.50. The van der Waals surface area contributed by atoms with Gasteiger partial charge in [-0.3, -0.25) is 4.90 Å². The maximum Gasteiger partial charge on any atom is 0.209 e. The Morgan fingerprint density at radius 1 is 1.13 bits per heavy atom. The maximum atomic E-state index is 6.03. The zero-order valence-electron chi connectivity index (χ0n) is 13.9. The maximum absolute atomic E-state index is 6.03. The minimum Gasteiger partial charge on any atom is -0.439 e. The van der Waals surface area contributed by atoms with E-state index in [9.17, 15) is 0 Å². The van der Waals surface area contributed by atoms with Crippen LogP contribution in [-0.2, 0) is 6.54 Å². The van der Waals surface area contributed by atoms with Gasteiger partial charge in [-0.1, -0.05) is 50.1 Å². The number of benzene rings is 1. The van der Waals surface area contributed by atoms with Gasteiger partial charge >= 0.3 is 0 Å². The first-order valence-electron chi connectivity index (χ1n) is 9.05. The van der Waals surface area contributed by atoms with E-state index >= 15 is 0 Å². The predicted molar refractivity (Wildman–Crippen MR) is 91.9 cm³/mol. The molecule has 1 aliphatic heterocycles. The molecule has 1 aromatic heterocycles. The number of piperidine rings is 1. The number of fused-ring (bicyclic) bond motifs is 1. The summed E-state index contributed by atoms with van der Waals surface area (Å²) < 4.78 is 6.03. The van der Waals surface area contributed by atoms with E-state index in [1.54, 1.807) is 0 Å². The van der Waals surface area contributed by atoms with Crippen LogP contribution in [0.1, 0.15) is 44.9 Å². The first-order valence-corrected chi connectivity index (χ1v) is 9.05. The third-order valence-corrected chi connectivity index (χ3v) is 5.80. The lowest BCUT2D eigenvalue weighted by Gasteiger charge is -2.47. The van der Waals surface area contributed by atoms with Gasteiger partial charge in [0.1, 0.15) is 0 Å². The Balaban J connectivity index is 1.48. The number of hydrogen-bond acceptors (Lipinski definition) is 3. The summed E-state index contributed by atoms with van der Waals surface area (Å²) in [5.41, 5.74) is 1.11. The zero-order chi connectivity index (χ0) is 15.6. The molecule has 2 fully saturated rings. The molecule has 122 valence electrons. The van der Waals surface area contributed by atoms with Gasteiger partial charge < -0.3 is 4.42 Å². The molecule has 0 bridgehead atoms.